The molecule has 0 bridgehead atoms. The Morgan fingerprint density at radius 3 is 2.92 bits per heavy atom. The highest BCUT2D eigenvalue weighted by molar-refractivity contribution is 9.10. The standard InChI is InChI=1S/C8H8BrClN2O/c9-6-3-5(1-2-8(11)13)12-4-7(6)10/h3-4H,1-2H2,(H2,11,13). The fraction of sp³-hybridized carbons (Fsp3) is 0.250. The van der Waals surface area contributed by atoms with Crippen molar-refractivity contribution in [2.45, 2.75) is 12.8 Å². The molecule has 3 nitrogen and oxygen atoms in total. The monoisotopic (exact) mass is 262 g/mol. The van der Waals surface area contributed by atoms with Gasteiger partial charge in [-0.25, -0.2) is 0 Å². The van der Waals surface area contributed by atoms with Gasteiger partial charge in [0.05, 0.1) is 5.02 Å². The largest absolute Gasteiger partial charge is 0.370 e. The fourth-order valence-corrected chi connectivity index (χ4v) is 1.31. The number of hydrogen-bond donors (Lipinski definition) is 1. The molecule has 0 spiro atoms. The molecule has 0 aliphatic rings. The van der Waals surface area contributed by atoms with E-state index in [9.17, 15) is 4.79 Å². The first kappa shape index (κ1) is 10.5. The summed E-state index contributed by atoms with van der Waals surface area (Å²) in [6.07, 6.45) is 2.40. The second-order valence-corrected chi connectivity index (χ2v) is 3.82. The maximum absolute atomic E-state index is 10.5. The molecular formula is C8H8BrClN2O. The third-order valence-corrected chi connectivity index (χ3v) is 2.68. The van der Waals surface area contributed by atoms with E-state index in [1.807, 2.05) is 0 Å². The Labute approximate surface area is 89.4 Å². The van der Waals surface area contributed by atoms with Crippen LogP contribution in [0.4, 0.5) is 0 Å². The molecule has 13 heavy (non-hydrogen) atoms. The summed E-state index contributed by atoms with van der Waals surface area (Å²) in [6, 6.07) is 1.78. The fourth-order valence-electron chi connectivity index (χ4n) is 0.842. The molecule has 0 radical (unpaired) electrons. The molecule has 0 aromatic carbocycles. The van der Waals surface area contributed by atoms with Crippen molar-refractivity contribution in [3.63, 3.8) is 0 Å². The minimum absolute atomic E-state index is 0.307. The first-order valence-electron chi connectivity index (χ1n) is 3.68. The number of nitrogens with zero attached hydrogens (tertiary/aromatic N) is 1. The molecule has 0 aliphatic carbocycles. The smallest absolute Gasteiger partial charge is 0.217 e. The van der Waals surface area contributed by atoms with E-state index in [0.29, 0.717) is 17.9 Å². The van der Waals surface area contributed by atoms with Crippen LogP contribution in [0, 0.1) is 0 Å². The van der Waals surface area contributed by atoms with Gasteiger partial charge >= 0.3 is 0 Å². The van der Waals surface area contributed by atoms with Gasteiger partial charge in [-0.15, -0.1) is 0 Å². The van der Waals surface area contributed by atoms with Crippen LogP contribution in [0.15, 0.2) is 16.7 Å². The van der Waals surface area contributed by atoms with Crippen LogP contribution in [0.3, 0.4) is 0 Å². The lowest BCUT2D eigenvalue weighted by atomic mass is 10.2. The van der Waals surface area contributed by atoms with Crippen molar-refractivity contribution >= 4 is 33.4 Å². The van der Waals surface area contributed by atoms with Crippen LogP contribution in [0.25, 0.3) is 0 Å². The lowest BCUT2D eigenvalue weighted by molar-refractivity contribution is -0.118. The van der Waals surface area contributed by atoms with Gasteiger partial charge in [-0.3, -0.25) is 9.78 Å². The van der Waals surface area contributed by atoms with Crippen molar-refractivity contribution in [1.29, 1.82) is 0 Å². The first-order valence-corrected chi connectivity index (χ1v) is 4.85. The van der Waals surface area contributed by atoms with Crippen LogP contribution in [0.2, 0.25) is 5.02 Å². The van der Waals surface area contributed by atoms with Crippen molar-refractivity contribution in [1.82, 2.24) is 4.98 Å². The average molecular weight is 264 g/mol. The Kier molecular flexibility index (Phi) is 3.69. The van der Waals surface area contributed by atoms with Gasteiger partial charge in [-0.2, -0.15) is 0 Å². The lowest BCUT2D eigenvalue weighted by Gasteiger charge is -2.00. The molecule has 2 N–H and O–H groups in total. The SMILES string of the molecule is NC(=O)CCc1cc(Br)c(Cl)cn1. The summed E-state index contributed by atoms with van der Waals surface area (Å²) < 4.78 is 0.781. The summed E-state index contributed by atoms with van der Waals surface area (Å²) in [5.74, 6) is -0.326. The maximum Gasteiger partial charge on any atom is 0.217 e. The van der Waals surface area contributed by atoms with Crippen LogP contribution in [0.1, 0.15) is 12.1 Å². The summed E-state index contributed by atoms with van der Waals surface area (Å²) in [5.41, 5.74) is 5.80. The Morgan fingerprint density at radius 2 is 2.38 bits per heavy atom. The average Bonchev–Trinajstić information content (AvgIpc) is 2.07. The Hall–Kier alpha value is -0.610. The van der Waals surface area contributed by atoms with E-state index in [-0.39, 0.29) is 5.91 Å². The molecule has 0 unspecified atom stereocenters. The third-order valence-electron chi connectivity index (χ3n) is 1.49. The zero-order valence-electron chi connectivity index (χ0n) is 6.76. The number of pyridine rings is 1. The first-order chi connectivity index (χ1) is 6.09. The summed E-state index contributed by atoms with van der Waals surface area (Å²) in [4.78, 5) is 14.5. The van der Waals surface area contributed by atoms with Gasteiger partial charge < -0.3 is 5.73 Å². The number of carbonyl (C=O) groups excluding carboxylic acids is 1. The summed E-state index contributed by atoms with van der Waals surface area (Å²) in [6.45, 7) is 0. The molecule has 0 aliphatic heterocycles. The second kappa shape index (κ2) is 4.58. The minimum Gasteiger partial charge on any atom is -0.370 e. The molecule has 1 heterocycles. The molecule has 70 valence electrons. The second-order valence-electron chi connectivity index (χ2n) is 2.56. The molecule has 1 aromatic heterocycles. The van der Waals surface area contributed by atoms with Crippen molar-refractivity contribution in [3.8, 4) is 0 Å². The van der Waals surface area contributed by atoms with Crippen molar-refractivity contribution < 1.29 is 4.79 Å². The number of aryl methyl sites for hydroxylation is 1. The zero-order chi connectivity index (χ0) is 9.84. The normalized spacial score (nSPS) is 10.0. The van der Waals surface area contributed by atoms with Crippen molar-refractivity contribution in [2.24, 2.45) is 5.73 Å². The van der Waals surface area contributed by atoms with Crippen LogP contribution >= 0.6 is 27.5 Å². The zero-order valence-corrected chi connectivity index (χ0v) is 9.10. The molecule has 0 atom stereocenters. The third kappa shape index (κ3) is 3.32. The van der Waals surface area contributed by atoms with Gasteiger partial charge in [0.25, 0.3) is 0 Å². The predicted molar refractivity (Wildman–Crippen MR) is 54.5 cm³/mol. The maximum atomic E-state index is 10.5. The molecule has 0 fully saturated rings. The highest BCUT2D eigenvalue weighted by Crippen LogP contribution is 2.21. The number of rotatable bonds is 3. The highest BCUT2D eigenvalue weighted by atomic mass is 79.9. The van der Waals surface area contributed by atoms with Gasteiger partial charge in [0.2, 0.25) is 5.91 Å². The molecule has 0 saturated heterocycles. The lowest BCUT2D eigenvalue weighted by Crippen LogP contribution is -2.11. The molecule has 5 heteroatoms. The highest BCUT2D eigenvalue weighted by Gasteiger charge is 2.02. The van der Waals surface area contributed by atoms with Gasteiger partial charge in [-0.1, -0.05) is 11.6 Å². The van der Waals surface area contributed by atoms with E-state index in [2.05, 4.69) is 20.9 Å². The van der Waals surface area contributed by atoms with Crippen LogP contribution in [-0.4, -0.2) is 10.9 Å². The van der Waals surface area contributed by atoms with Crippen LogP contribution < -0.4 is 5.73 Å². The predicted octanol–water partition coefficient (Wildman–Crippen LogP) is 1.92. The summed E-state index contributed by atoms with van der Waals surface area (Å²) >= 11 is 9.01. The quantitative estimate of drug-likeness (QED) is 0.906. The number of nitrogens with two attached hydrogens (primary N) is 1. The van der Waals surface area contributed by atoms with E-state index in [4.69, 9.17) is 17.3 Å². The number of carbonyl (C=O) groups is 1. The van der Waals surface area contributed by atoms with Crippen molar-refractivity contribution in [3.05, 3.63) is 27.5 Å². The number of aromatic nitrogens is 1. The van der Waals surface area contributed by atoms with Gasteiger partial charge in [-0.05, 0) is 28.4 Å². The van der Waals surface area contributed by atoms with Crippen LogP contribution in [-0.2, 0) is 11.2 Å². The van der Waals surface area contributed by atoms with Crippen LogP contribution in [0.5, 0.6) is 0 Å². The van der Waals surface area contributed by atoms with E-state index in [0.717, 1.165) is 10.2 Å². The Bertz CT molecular complexity index is 330. The number of hydrogen-bond acceptors (Lipinski definition) is 2. The number of amides is 1. The van der Waals surface area contributed by atoms with E-state index < -0.39 is 0 Å². The molecule has 1 amide bonds. The number of primary amides is 1. The Morgan fingerprint density at radius 1 is 1.69 bits per heavy atom. The van der Waals surface area contributed by atoms with Gasteiger partial charge in [0.1, 0.15) is 0 Å². The van der Waals surface area contributed by atoms with E-state index in [1.54, 1.807) is 12.3 Å². The van der Waals surface area contributed by atoms with E-state index >= 15 is 0 Å². The molecular weight excluding hydrogens is 255 g/mol. The molecule has 1 rings (SSSR count). The summed E-state index contributed by atoms with van der Waals surface area (Å²) in [5, 5.41) is 0.558. The minimum atomic E-state index is -0.326. The Balaban J connectivity index is 2.68. The summed E-state index contributed by atoms with van der Waals surface area (Å²) in [7, 11) is 0. The van der Waals surface area contributed by atoms with E-state index in [1.165, 1.54) is 0 Å². The van der Waals surface area contributed by atoms with Gasteiger partial charge in [0, 0.05) is 22.8 Å². The molecule has 1 aromatic rings. The van der Waals surface area contributed by atoms with Gasteiger partial charge in [0.15, 0.2) is 0 Å². The topological polar surface area (TPSA) is 56.0 Å². The molecule has 0 saturated carbocycles. The number of halogens is 2. The van der Waals surface area contributed by atoms with Crippen molar-refractivity contribution in [2.75, 3.05) is 0 Å².